The molecule has 0 atom stereocenters. The molecule has 0 aliphatic heterocycles. The zero-order chi connectivity index (χ0) is 15.0. The molecular formula is C13H14F3N3O. The minimum atomic E-state index is -4.40. The monoisotopic (exact) mass is 285 g/mol. The van der Waals surface area contributed by atoms with E-state index >= 15 is 0 Å². The van der Waals surface area contributed by atoms with Crippen molar-refractivity contribution < 1.29 is 17.7 Å². The van der Waals surface area contributed by atoms with Crippen molar-refractivity contribution in [1.82, 2.24) is 15.5 Å². The van der Waals surface area contributed by atoms with Crippen molar-refractivity contribution in [2.45, 2.75) is 25.6 Å². The van der Waals surface area contributed by atoms with Crippen LogP contribution in [0.15, 0.2) is 28.8 Å². The maximum atomic E-state index is 12.7. The molecule has 0 aliphatic carbocycles. The SMILES string of the molecule is CNC(C)(C)c1nc(-c2cccc(C(F)(F)F)c2)no1. The molecule has 2 aromatic rings. The van der Waals surface area contributed by atoms with Gasteiger partial charge in [-0.2, -0.15) is 18.2 Å². The average Bonchev–Trinajstić information content (AvgIpc) is 2.88. The first-order chi connectivity index (χ1) is 9.24. The number of hydrogen-bond acceptors (Lipinski definition) is 4. The third kappa shape index (κ3) is 2.82. The van der Waals surface area contributed by atoms with Gasteiger partial charge >= 0.3 is 6.18 Å². The minimum absolute atomic E-state index is 0.134. The van der Waals surface area contributed by atoms with E-state index in [9.17, 15) is 13.2 Å². The molecule has 2 rings (SSSR count). The van der Waals surface area contributed by atoms with E-state index in [4.69, 9.17) is 4.52 Å². The highest BCUT2D eigenvalue weighted by Gasteiger charge is 2.31. The van der Waals surface area contributed by atoms with E-state index in [2.05, 4.69) is 15.5 Å². The number of halogens is 3. The molecule has 0 spiro atoms. The van der Waals surface area contributed by atoms with E-state index in [-0.39, 0.29) is 11.4 Å². The first-order valence-electron chi connectivity index (χ1n) is 5.95. The largest absolute Gasteiger partial charge is 0.416 e. The molecule has 108 valence electrons. The average molecular weight is 285 g/mol. The highest BCUT2D eigenvalue weighted by atomic mass is 19.4. The molecule has 0 radical (unpaired) electrons. The normalized spacial score (nSPS) is 12.7. The molecule has 1 N–H and O–H groups in total. The predicted octanol–water partition coefficient (Wildman–Crippen LogP) is 3.21. The summed E-state index contributed by atoms with van der Waals surface area (Å²) in [7, 11) is 1.73. The van der Waals surface area contributed by atoms with Gasteiger partial charge in [-0.1, -0.05) is 17.3 Å². The summed E-state index contributed by atoms with van der Waals surface area (Å²) >= 11 is 0. The van der Waals surface area contributed by atoms with Gasteiger partial charge in [0, 0.05) is 5.56 Å². The molecule has 4 nitrogen and oxygen atoms in total. The number of aromatic nitrogens is 2. The van der Waals surface area contributed by atoms with Gasteiger partial charge in [0.2, 0.25) is 11.7 Å². The number of benzene rings is 1. The topological polar surface area (TPSA) is 51.0 Å². The van der Waals surface area contributed by atoms with Gasteiger partial charge in [-0.15, -0.1) is 0 Å². The zero-order valence-corrected chi connectivity index (χ0v) is 11.2. The maximum Gasteiger partial charge on any atom is 0.416 e. The van der Waals surface area contributed by atoms with Gasteiger partial charge in [0.1, 0.15) is 0 Å². The Hall–Kier alpha value is -1.89. The van der Waals surface area contributed by atoms with Crippen LogP contribution in [0.1, 0.15) is 25.3 Å². The minimum Gasteiger partial charge on any atom is -0.337 e. The van der Waals surface area contributed by atoms with Gasteiger partial charge in [-0.25, -0.2) is 0 Å². The summed E-state index contributed by atoms with van der Waals surface area (Å²) in [6.45, 7) is 3.66. The van der Waals surface area contributed by atoms with Crippen LogP contribution in [0.2, 0.25) is 0 Å². The molecular weight excluding hydrogens is 271 g/mol. The van der Waals surface area contributed by atoms with Crippen LogP contribution in [-0.2, 0) is 11.7 Å². The summed E-state index contributed by atoms with van der Waals surface area (Å²) in [5.74, 6) is 0.446. The highest BCUT2D eigenvalue weighted by molar-refractivity contribution is 5.55. The smallest absolute Gasteiger partial charge is 0.337 e. The molecule has 0 saturated carbocycles. The quantitative estimate of drug-likeness (QED) is 0.940. The van der Waals surface area contributed by atoms with E-state index < -0.39 is 17.3 Å². The zero-order valence-electron chi connectivity index (χ0n) is 11.2. The van der Waals surface area contributed by atoms with Gasteiger partial charge in [0.15, 0.2) is 0 Å². The van der Waals surface area contributed by atoms with Crippen molar-refractivity contribution in [3.63, 3.8) is 0 Å². The lowest BCUT2D eigenvalue weighted by molar-refractivity contribution is -0.137. The third-order valence-electron chi connectivity index (χ3n) is 3.03. The fraction of sp³-hybridized carbons (Fsp3) is 0.385. The van der Waals surface area contributed by atoms with Crippen LogP contribution in [-0.4, -0.2) is 17.2 Å². The molecule has 7 heteroatoms. The molecule has 0 fully saturated rings. The first-order valence-corrected chi connectivity index (χ1v) is 5.95. The number of nitrogens with zero attached hydrogens (tertiary/aromatic N) is 2. The fourth-order valence-corrected chi connectivity index (χ4v) is 1.54. The Bertz CT molecular complexity index is 605. The van der Waals surface area contributed by atoms with Crippen LogP contribution in [0.4, 0.5) is 13.2 Å². The molecule has 20 heavy (non-hydrogen) atoms. The first kappa shape index (κ1) is 14.5. The Morgan fingerprint density at radius 1 is 1.20 bits per heavy atom. The van der Waals surface area contributed by atoms with Crippen LogP contribution in [0.3, 0.4) is 0 Å². The van der Waals surface area contributed by atoms with E-state index in [1.807, 2.05) is 13.8 Å². The molecule has 0 bridgehead atoms. The van der Waals surface area contributed by atoms with Crippen LogP contribution < -0.4 is 5.32 Å². The Morgan fingerprint density at radius 3 is 2.50 bits per heavy atom. The summed E-state index contributed by atoms with van der Waals surface area (Å²) in [4.78, 5) is 4.14. The van der Waals surface area contributed by atoms with E-state index in [0.29, 0.717) is 5.89 Å². The Kier molecular flexibility index (Phi) is 3.56. The predicted molar refractivity (Wildman–Crippen MR) is 66.8 cm³/mol. The number of alkyl halides is 3. The second-order valence-corrected chi connectivity index (χ2v) is 4.88. The summed E-state index contributed by atoms with van der Waals surface area (Å²) in [6.07, 6.45) is -4.40. The Labute approximate surface area is 114 Å². The lowest BCUT2D eigenvalue weighted by atomic mass is 10.1. The molecule has 1 aromatic heterocycles. The Balaban J connectivity index is 2.38. The van der Waals surface area contributed by atoms with Gasteiger partial charge in [-0.05, 0) is 33.0 Å². The van der Waals surface area contributed by atoms with Crippen LogP contribution in [0, 0.1) is 0 Å². The van der Waals surface area contributed by atoms with E-state index in [1.165, 1.54) is 12.1 Å². The highest BCUT2D eigenvalue weighted by Crippen LogP contribution is 2.31. The van der Waals surface area contributed by atoms with E-state index in [1.54, 1.807) is 7.05 Å². The standard InChI is InChI=1S/C13H14F3N3O/c1-12(2,17-3)11-18-10(19-20-11)8-5-4-6-9(7-8)13(14,15)16/h4-7,17H,1-3H3. The van der Waals surface area contributed by atoms with Crippen molar-refractivity contribution in [3.05, 3.63) is 35.7 Å². The molecule has 0 saturated heterocycles. The summed E-state index contributed by atoms with van der Waals surface area (Å²) in [5.41, 5.74) is -1.02. The number of hydrogen-bond donors (Lipinski definition) is 1. The van der Waals surface area contributed by atoms with Gasteiger partial charge in [0.05, 0.1) is 11.1 Å². The van der Waals surface area contributed by atoms with Crippen molar-refractivity contribution in [1.29, 1.82) is 0 Å². The molecule has 0 aliphatic rings. The van der Waals surface area contributed by atoms with Gasteiger partial charge in [-0.3, -0.25) is 0 Å². The van der Waals surface area contributed by atoms with Crippen molar-refractivity contribution in [3.8, 4) is 11.4 Å². The summed E-state index contributed by atoms with van der Waals surface area (Å²) in [6, 6.07) is 4.83. The van der Waals surface area contributed by atoms with Crippen molar-refractivity contribution in [2.24, 2.45) is 0 Å². The maximum absolute atomic E-state index is 12.7. The number of nitrogens with one attached hydrogen (secondary N) is 1. The molecule has 0 unspecified atom stereocenters. The fourth-order valence-electron chi connectivity index (χ4n) is 1.54. The van der Waals surface area contributed by atoms with Crippen molar-refractivity contribution >= 4 is 0 Å². The second-order valence-electron chi connectivity index (χ2n) is 4.88. The summed E-state index contributed by atoms with van der Waals surface area (Å²) < 4.78 is 43.1. The molecule has 1 aromatic carbocycles. The lowest BCUT2D eigenvalue weighted by Gasteiger charge is -2.17. The number of rotatable bonds is 3. The molecule has 0 amide bonds. The lowest BCUT2D eigenvalue weighted by Crippen LogP contribution is -2.33. The summed E-state index contributed by atoms with van der Waals surface area (Å²) in [5, 5.41) is 6.71. The van der Waals surface area contributed by atoms with Crippen LogP contribution >= 0.6 is 0 Å². The van der Waals surface area contributed by atoms with Crippen LogP contribution in [0.5, 0.6) is 0 Å². The molecule has 1 heterocycles. The second kappa shape index (κ2) is 4.90. The Morgan fingerprint density at radius 2 is 1.90 bits per heavy atom. The third-order valence-corrected chi connectivity index (χ3v) is 3.03. The van der Waals surface area contributed by atoms with Gasteiger partial charge in [0.25, 0.3) is 0 Å². The van der Waals surface area contributed by atoms with Gasteiger partial charge < -0.3 is 9.84 Å². The van der Waals surface area contributed by atoms with Crippen molar-refractivity contribution in [2.75, 3.05) is 7.05 Å². The van der Waals surface area contributed by atoms with E-state index in [0.717, 1.165) is 12.1 Å². The van der Waals surface area contributed by atoms with Crippen LogP contribution in [0.25, 0.3) is 11.4 Å².